The van der Waals surface area contributed by atoms with Crippen molar-refractivity contribution in [2.45, 2.75) is 32.6 Å². The van der Waals surface area contributed by atoms with Gasteiger partial charge < -0.3 is 24.8 Å². The molecule has 0 spiro atoms. The van der Waals surface area contributed by atoms with E-state index >= 15 is 0 Å². The first-order valence-electron chi connectivity index (χ1n) is 8.36. The summed E-state index contributed by atoms with van der Waals surface area (Å²) in [6.45, 7) is 12.7. The third-order valence-corrected chi connectivity index (χ3v) is 4.15. The van der Waals surface area contributed by atoms with Gasteiger partial charge in [0.05, 0.1) is 0 Å². The molecule has 3 aromatic rings. The Bertz CT molecular complexity index is 728. The number of hydrogen-bond acceptors (Lipinski definition) is 0. The Kier molecular flexibility index (Phi) is 13.8. The largest absolute Gasteiger partial charge is 4.00 e. The van der Waals surface area contributed by atoms with Crippen molar-refractivity contribution in [2.24, 2.45) is 0 Å². The van der Waals surface area contributed by atoms with Crippen LogP contribution in [0.5, 0.6) is 0 Å². The average Bonchev–Trinajstić information content (AvgIpc) is 3.25. The SMILES string of the molecule is C=C.CC(C)(C)c1cc[cH-]c1.[Cl-].[Cl-].[Zr+4].[c-]1cccc2c1Cc1ccccc1-2. The minimum Gasteiger partial charge on any atom is -1.00 e. The van der Waals surface area contributed by atoms with Crippen LogP contribution in [0, 0.1) is 6.07 Å². The molecule has 1 aliphatic carbocycles. The van der Waals surface area contributed by atoms with Gasteiger partial charge in [0.2, 0.25) is 0 Å². The number of fused-ring (bicyclic) bond motifs is 3. The first kappa shape index (κ1) is 28.2. The van der Waals surface area contributed by atoms with Gasteiger partial charge in [0, 0.05) is 0 Å². The van der Waals surface area contributed by atoms with Gasteiger partial charge in [-0.15, -0.1) is 18.7 Å². The summed E-state index contributed by atoms with van der Waals surface area (Å²) in [5, 5.41) is 0. The summed E-state index contributed by atoms with van der Waals surface area (Å²) in [7, 11) is 0. The molecule has 0 amide bonds. The quantitative estimate of drug-likeness (QED) is 0.257. The predicted molar refractivity (Wildman–Crippen MR) is 106 cm³/mol. The predicted octanol–water partition coefficient (Wildman–Crippen LogP) is 0.569. The van der Waals surface area contributed by atoms with Gasteiger partial charge in [-0.3, -0.25) is 0 Å². The van der Waals surface area contributed by atoms with Crippen LogP contribution in [0.15, 0.2) is 79.9 Å². The van der Waals surface area contributed by atoms with E-state index in [-0.39, 0.29) is 51.0 Å². The van der Waals surface area contributed by atoms with E-state index in [1.165, 1.54) is 27.8 Å². The molecule has 27 heavy (non-hydrogen) atoms. The van der Waals surface area contributed by atoms with Crippen LogP contribution in [0.2, 0.25) is 0 Å². The van der Waals surface area contributed by atoms with Crippen LogP contribution < -0.4 is 24.8 Å². The van der Waals surface area contributed by atoms with Crippen molar-refractivity contribution < 1.29 is 51.0 Å². The zero-order valence-corrected chi connectivity index (χ0v) is 20.2. The van der Waals surface area contributed by atoms with Crippen LogP contribution in [-0.2, 0) is 38.0 Å². The van der Waals surface area contributed by atoms with E-state index in [1.807, 2.05) is 6.07 Å². The van der Waals surface area contributed by atoms with E-state index in [0.29, 0.717) is 5.41 Å². The molecule has 0 heterocycles. The Morgan fingerprint density at radius 1 is 0.926 bits per heavy atom. The second-order valence-corrected chi connectivity index (χ2v) is 6.82. The standard InChI is InChI=1S/C13H9.C9H13.C2H4.2ClH.Zr/c1-3-7-12-10(5-1)9-11-6-2-4-8-13(11)12;1-9(2,3)8-6-4-5-7-8;1-2;;;/h1-5,7-8H,9H2;4-7H,1-3H3;1-2H2;2*1H;/q2*-1;;;;+4/p-2. The van der Waals surface area contributed by atoms with E-state index < -0.39 is 0 Å². The molecule has 0 atom stereocenters. The third-order valence-electron chi connectivity index (χ3n) is 4.15. The van der Waals surface area contributed by atoms with Crippen molar-refractivity contribution in [3.63, 3.8) is 0 Å². The Hall–Kier alpha value is -1.01. The maximum atomic E-state index is 3.30. The van der Waals surface area contributed by atoms with Crippen LogP contribution in [0.25, 0.3) is 11.1 Å². The molecular formula is C24H26Cl2Zr. The first-order chi connectivity index (χ1) is 11.6. The third kappa shape index (κ3) is 7.49. The minimum absolute atomic E-state index is 0. The number of rotatable bonds is 0. The molecular weight excluding hydrogens is 450 g/mol. The number of hydrogen-bond donors (Lipinski definition) is 0. The monoisotopic (exact) mass is 474 g/mol. The van der Waals surface area contributed by atoms with Crippen LogP contribution >= 0.6 is 0 Å². The summed E-state index contributed by atoms with van der Waals surface area (Å²) < 4.78 is 0. The molecule has 140 valence electrons. The van der Waals surface area contributed by atoms with Crippen molar-refractivity contribution in [3.05, 3.63) is 103 Å². The molecule has 0 bridgehead atoms. The molecule has 0 aliphatic heterocycles. The number of halogens is 2. The zero-order valence-electron chi connectivity index (χ0n) is 16.2. The maximum absolute atomic E-state index is 3.30. The topological polar surface area (TPSA) is 0 Å². The van der Waals surface area contributed by atoms with Gasteiger partial charge >= 0.3 is 26.2 Å². The van der Waals surface area contributed by atoms with Crippen LogP contribution in [-0.4, -0.2) is 0 Å². The fourth-order valence-electron chi connectivity index (χ4n) is 2.87. The van der Waals surface area contributed by atoms with E-state index in [1.54, 1.807) is 0 Å². The normalized spacial score (nSPS) is 10.0. The molecule has 0 N–H and O–H groups in total. The molecule has 0 fully saturated rings. The van der Waals surface area contributed by atoms with Gasteiger partial charge in [0.1, 0.15) is 0 Å². The number of benzene rings is 2. The van der Waals surface area contributed by atoms with Gasteiger partial charge in [-0.1, -0.05) is 61.6 Å². The van der Waals surface area contributed by atoms with Crippen LogP contribution in [0.3, 0.4) is 0 Å². The molecule has 4 rings (SSSR count). The maximum Gasteiger partial charge on any atom is 4.00 e. The summed E-state index contributed by atoms with van der Waals surface area (Å²) in [4.78, 5) is 0. The molecule has 0 radical (unpaired) electrons. The molecule has 3 aromatic carbocycles. The van der Waals surface area contributed by atoms with Crippen molar-refractivity contribution in [2.75, 3.05) is 0 Å². The Morgan fingerprint density at radius 3 is 2.11 bits per heavy atom. The summed E-state index contributed by atoms with van der Waals surface area (Å²) in [5.41, 5.74) is 7.25. The molecule has 1 aliphatic rings. The second kappa shape index (κ2) is 13.2. The molecule has 0 unspecified atom stereocenters. The fourth-order valence-corrected chi connectivity index (χ4v) is 2.87. The Morgan fingerprint density at radius 2 is 1.56 bits per heavy atom. The van der Waals surface area contributed by atoms with Crippen LogP contribution in [0.4, 0.5) is 0 Å². The van der Waals surface area contributed by atoms with Crippen molar-refractivity contribution in [3.8, 4) is 11.1 Å². The Balaban J connectivity index is 0. The minimum atomic E-state index is 0. The first-order valence-corrected chi connectivity index (χ1v) is 8.36. The van der Waals surface area contributed by atoms with Crippen molar-refractivity contribution in [1.82, 2.24) is 0 Å². The van der Waals surface area contributed by atoms with Crippen LogP contribution in [0.1, 0.15) is 37.5 Å². The Labute approximate surface area is 196 Å². The molecule has 0 nitrogen and oxygen atoms in total. The smallest absolute Gasteiger partial charge is 1.00 e. The van der Waals surface area contributed by atoms with Crippen molar-refractivity contribution >= 4 is 0 Å². The van der Waals surface area contributed by atoms with Gasteiger partial charge in [0.25, 0.3) is 0 Å². The zero-order chi connectivity index (χ0) is 17.6. The van der Waals surface area contributed by atoms with E-state index in [0.717, 1.165) is 6.42 Å². The van der Waals surface area contributed by atoms with Crippen molar-refractivity contribution in [1.29, 1.82) is 0 Å². The van der Waals surface area contributed by atoms with Gasteiger partial charge in [0.15, 0.2) is 0 Å². The van der Waals surface area contributed by atoms with Gasteiger partial charge in [-0.25, -0.2) is 6.07 Å². The molecule has 3 heteroatoms. The van der Waals surface area contributed by atoms with E-state index in [4.69, 9.17) is 0 Å². The van der Waals surface area contributed by atoms with E-state index in [9.17, 15) is 0 Å². The molecule has 0 saturated carbocycles. The van der Waals surface area contributed by atoms with Gasteiger partial charge in [-0.2, -0.15) is 53.6 Å². The molecule has 0 aromatic heterocycles. The average molecular weight is 477 g/mol. The van der Waals surface area contributed by atoms with Gasteiger partial charge in [-0.05, 0) is 6.42 Å². The summed E-state index contributed by atoms with van der Waals surface area (Å²) >= 11 is 0. The fraction of sp³-hybridized carbons (Fsp3) is 0.208. The molecule has 0 saturated heterocycles. The summed E-state index contributed by atoms with van der Waals surface area (Å²) in [6.07, 6.45) is 1.05. The van der Waals surface area contributed by atoms with E-state index in [2.05, 4.69) is 101 Å². The summed E-state index contributed by atoms with van der Waals surface area (Å²) in [6, 6.07) is 26.6. The summed E-state index contributed by atoms with van der Waals surface area (Å²) in [5.74, 6) is 0. The second-order valence-electron chi connectivity index (χ2n) is 6.82.